The van der Waals surface area contributed by atoms with Crippen molar-refractivity contribution in [3.63, 3.8) is 0 Å². The molecule has 0 aliphatic carbocycles. The molecule has 0 saturated carbocycles. The fourth-order valence-corrected chi connectivity index (χ4v) is 3.92. The van der Waals surface area contributed by atoms with Crippen LogP contribution in [0.4, 0.5) is 0 Å². The fourth-order valence-electron chi connectivity index (χ4n) is 3.92. The highest BCUT2D eigenvalue weighted by Crippen LogP contribution is 2.24. The van der Waals surface area contributed by atoms with Crippen LogP contribution in [0.3, 0.4) is 0 Å². The SMILES string of the molecule is C[C@H]1CN(CCNC(=O)c2cc(-c3ccncc3)nc3ccccc23)C[C@H](C)O1. The van der Waals surface area contributed by atoms with Gasteiger partial charge in [0.1, 0.15) is 0 Å². The Morgan fingerprint density at radius 2 is 1.86 bits per heavy atom. The Hall–Kier alpha value is -2.83. The number of carbonyl (C=O) groups is 1. The molecule has 0 bridgehead atoms. The Kier molecular flexibility index (Phi) is 5.83. The summed E-state index contributed by atoms with van der Waals surface area (Å²) < 4.78 is 5.78. The molecule has 1 N–H and O–H groups in total. The second-order valence-corrected chi connectivity index (χ2v) is 7.58. The molecule has 2 aromatic heterocycles. The Bertz CT molecular complexity index is 983. The number of benzene rings is 1. The maximum absolute atomic E-state index is 13.0. The number of amides is 1. The van der Waals surface area contributed by atoms with Crippen molar-refractivity contribution in [1.82, 2.24) is 20.2 Å². The molecule has 0 radical (unpaired) electrons. The molecule has 0 spiro atoms. The van der Waals surface area contributed by atoms with Gasteiger partial charge in [0, 0.05) is 49.5 Å². The number of hydrogen-bond acceptors (Lipinski definition) is 5. The van der Waals surface area contributed by atoms with Crippen molar-refractivity contribution in [2.45, 2.75) is 26.1 Å². The summed E-state index contributed by atoms with van der Waals surface area (Å²) >= 11 is 0. The lowest BCUT2D eigenvalue weighted by Crippen LogP contribution is -2.47. The lowest BCUT2D eigenvalue weighted by Gasteiger charge is -2.35. The smallest absolute Gasteiger partial charge is 0.252 e. The highest BCUT2D eigenvalue weighted by Gasteiger charge is 2.22. The van der Waals surface area contributed by atoms with Gasteiger partial charge in [0.15, 0.2) is 0 Å². The number of fused-ring (bicyclic) bond motifs is 1. The van der Waals surface area contributed by atoms with Crippen LogP contribution in [0.1, 0.15) is 24.2 Å². The number of rotatable bonds is 5. The van der Waals surface area contributed by atoms with Gasteiger partial charge in [-0.2, -0.15) is 0 Å². The summed E-state index contributed by atoms with van der Waals surface area (Å²) in [6.45, 7) is 7.37. The Morgan fingerprint density at radius 3 is 2.62 bits per heavy atom. The zero-order valence-corrected chi connectivity index (χ0v) is 16.8. The van der Waals surface area contributed by atoms with Crippen LogP contribution < -0.4 is 5.32 Å². The Labute approximate surface area is 170 Å². The van der Waals surface area contributed by atoms with Crippen molar-refractivity contribution in [3.05, 3.63) is 60.4 Å². The van der Waals surface area contributed by atoms with Crippen LogP contribution in [0.5, 0.6) is 0 Å². The zero-order valence-electron chi connectivity index (χ0n) is 16.8. The third-order valence-electron chi connectivity index (χ3n) is 5.15. The van der Waals surface area contributed by atoms with Crippen LogP contribution in [0.2, 0.25) is 0 Å². The monoisotopic (exact) mass is 390 g/mol. The number of hydrogen-bond donors (Lipinski definition) is 1. The van der Waals surface area contributed by atoms with Gasteiger partial charge in [0.2, 0.25) is 0 Å². The molecule has 1 fully saturated rings. The number of ether oxygens (including phenoxy) is 1. The quantitative estimate of drug-likeness (QED) is 0.725. The van der Waals surface area contributed by atoms with Crippen molar-refractivity contribution in [3.8, 4) is 11.3 Å². The van der Waals surface area contributed by atoms with E-state index in [1.807, 2.05) is 42.5 Å². The molecular weight excluding hydrogens is 364 g/mol. The standard InChI is InChI=1S/C23H26N4O2/c1-16-14-27(15-17(2)29-16)12-11-25-23(28)20-13-22(18-7-9-24-10-8-18)26-21-6-4-3-5-19(20)21/h3-10,13,16-17H,11-12,14-15H2,1-2H3,(H,25,28)/t16-,17-/m0/s1. The lowest BCUT2D eigenvalue weighted by molar-refractivity contribution is -0.0672. The molecule has 6 heteroatoms. The second-order valence-electron chi connectivity index (χ2n) is 7.58. The predicted octanol–water partition coefficient (Wildman–Crippen LogP) is 3.14. The Balaban J connectivity index is 1.52. The number of aromatic nitrogens is 2. The van der Waals surface area contributed by atoms with Crippen molar-refractivity contribution >= 4 is 16.8 Å². The average molecular weight is 390 g/mol. The molecule has 0 unspecified atom stereocenters. The van der Waals surface area contributed by atoms with Crippen molar-refractivity contribution < 1.29 is 9.53 Å². The number of pyridine rings is 2. The van der Waals surface area contributed by atoms with Gasteiger partial charge in [0.25, 0.3) is 5.91 Å². The van der Waals surface area contributed by atoms with E-state index >= 15 is 0 Å². The highest BCUT2D eigenvalue weighted by atomic mass is 16.5. The largest absolute Gasteiger partial charge is 0.373 e. The summed E-state index contributed by atoms with van der Waals surface area (Å²) in [5, 5.41) is 3.94. The molecule has 1 saturated heterocycles. The average Bonchev–Trinajstić information content (AvgIpc) is 2.73. The van der Waals surface area contributed by atoms with E-state index in [1.54, 1.807) is 12.4 Å². The molecule has 1 amide bonds. The molecule has 2 atom stereocenters. The van der Waals surface area contributed by atoms with Gasteiger partial charge in [-0.25, -0.2) is 4.98 Å². The van der Waals surface area contributed by atoms with Crippen LogP contribution in [0, 0.1) is 0 Å². The lowest BCUT2D eigenvalue weighted by atomic mass is 10.0. The van der Waals surface area contributed by atoms with Crippen molar-refractivity contribution in [1.29, 1.82) is 0 Å². The maximum Gasteiger partial charge on any atom is 0.252 e. The zero-order chi connectivity index (χ0) is 20.2. The van der Waals surface area contributed by atoms with Crippen LogP contribution in [-0.2, 0) is 4.74 Å². The number of carbonyl (C=O) groups excluding carboxylic acids is 1. The summed E-state index contributed by atoms with van der Waals surface area (Å²) in [7, 11) is 0. The van der Waals surface area contributed by atoms with E-state index in [1.165, 1.54) is 0 Å². The predicted molar refractivity (Wildman–Crippen MR) is 114 cm³/mol. The summed E-state index contributed by atoms with van der Waals surface area (Å²) in [5.41, 5.74) is 3.16. The number of morpholine rings is 1. The molecule has 6 nitrogen and oxygen atoms in total. The topological polar surface area (TPSA) is 67.4 Å². The van der Waals surface area contributed by atoms with Crippen LogP contribution >= 0.6 is 0 Å². The third kappa shape index (κ3) is 4.60. The third-order valence-corrected chi connectivity index (χ3v) is 5.15. The van der Waals surface area contributed by atoms with Gasteiger partial charge in [0.05, 0.1) is 29.0 Å². The molecule has 29 heavy (non-hydrogen) atoms. The van der Waals surface area contributed by atoms with Gasteiger partial charge in [-0.05, 0) is 38.1 Å². The first-order valence-corrected chi connectivity index (χ1v) is 10.1. The van der Waals surface area contributed by atoms with E-state index in [-0.39, 0.29) is 18.1 Å². The number of nitrogens with one attached hydrogen (secondary N) is 1. The van der Waals surface area contributed by atoms with Gasteiger partial charge >= 0.3 is 0 Å². The van der Waals surface area contributed by atoms with Crippen LogP contribution in [0.25, 0.3) is 22.2 Å². The summed E-state index contributed by atoms with van der Waals surface area (Å²) in [6.07, 6.45) is 3.91. The van der Waals surface area contributed by atoms with Crippen LogP contribution in [-0.4, -0.2) is 59.2 Å². The molecule has 1 aliphatic heterocycles. The molecule has 4 rings (SSSR count). The number of nitrogens with zero attached hydrogens (tertiary/aromatic N) is 3. The minimum Gasteiger partial charge on any atom is -0.373 e. The van der Waals surface area contributed by atoms with Crippen molar-refractivity contribution in [2.24, 2.45) is 0 Å². The first-order chi connectivity index (χ1) is 14.1. The maximum atomic E-state index is 13.0. The molecule has 150 valence electrons. The van der Waals surface area contributed by atoms with Crippen LogP contribution in [0.15, 0.2) is 54.9 Å². The molecule has 3 heterocycles. The number of para-hydroxylation sites is 1. The first kappa shape index (κ1) is 19.5. The fraction of sp³-hybridized carbons (Fsp3) is 0.348. The molecule has 3 aromatic rings. The summed E-state index contributed by atoms with van der Waals surface area (Å²) in [5.74, 6) is -0.0757. The van der Waals surface area contributed by atoms with Gasteiger partial charge < -0.3 is 10.1 Å². The molecule has 1 aromatic carbocycles. The van der Waals surface area contributed by atoms with Gasteiger partial charge in [-0.1, -0.05) is 18.2 Å². The van der Waals surface area contributed by atoms with Crippen molar-refractivity contribution in [2.75, 3.05) is 26.2 Å². The highest BCUT2D eigenvalue weighted by molar-refractivity contribution is 6.07. The normalized spacial score (nSPS) is 19.9. The summed E-state index contributed by atoms with van der Waals surface area (Å²) in [6, 6.07) is 13.4. The van der Waals surface area contributed by atoms with E-state index in [0.717, 1.165) is 41.8 Å². The minimum absolute atomic E-state index is 0.0757. The Morgan fingerprint density at radius 1 is 1.14 bits per heavy atom. The minimum atomic E-state index is -0.0757. The summed E-state index contributed by atoms with van der Waals surface area (Å²) in [4.78, 5) is 24.2. The van der Waals surface area contributed by atoms with Gasteiger partial charge in [-0.3, -0.25) is 14.7 Å². The van der Waals surface area contributed by atoms with Gasteiger partial charge in [-0.15, -0.1) is 0 Å². The second kappa shape index (κ2) is 8.68. The van der Waals surface area contributed by atoms with E-state index in [2.05, 4.69) is 29.0 Å². The molecular formula is C23H26N4O2. The molecule has 1 aliphatic rings. The van der Waals surface area contributed by atoms with E-state index < -0.39 is 0 Å². The van der Waals surface area contributed by atoms with E-state index in [9.17, 15) is 4.79 Å². The van der Waals surface area contributed by atoms with E-state index in [4.69, 9.17) is 9.72 Å². The first-order valence-electron chi connectivity index (χ1n) is 10.1. The van der Waals surface area contributed by atoms with E-state index in [0.29, 0.717) is 12.1 Å².